The van der Waals surface area contributed by atoms with Crippen molar-refractivity contribution in [2.75, 3.05) is 11.5 Å². The molecule has 1 aromatic heterocycles. The number of fused-ring (bicyclic) bond motifs is 8. The molecule has 1 N–H and O–H groups in total. The zero-order valence-electron chi connectivity index (χ0n) is 17.6. The van der Waals surface area contributed by atoms with Crippen molar-refractivity contribution in [3.63, 3.8) is 0 Å². The van der Waals surface area contributed by atoms with Crippen molar-refractivity contribution in [1.29, 1.82) is 0 Å². The van der Waals surface area contributed by atoms with Gasteiger partial charge in [-0.05, 0) is 36.4 Å². The van der Waals surface area contributed by atoms with E-state index in [0.717, 1.165) is 16.7 Å². The number of amides is 2. The molecule has 2 bridgehead atoms. The van der Waals surface area contributed by atoms with Gasteiger partial charge in [0, 0.05) is 16.5 Å². The van der Waals surface area contributed by atoms with E-state index in [1.807, 2.05) is 48.5 Å². The summed E-state index contributed by atoms with van der Waals surface area (Å²) in [4.78, 5) is 27.8. The second kappa shape index (κ2) is 6.41. The second-order valence-electron chi connectivity index (χ2n) is 8.96. The molecule has 2 fully saturated rings. The van der Waals surface area contributed by atoms with Crippen LogP contribution in [0.3, 0.4) is 0 Å². The van der Waals surface area contributed by atoms with E-state index >= 15 is 0 Å². The number of aliphatic hydroxyl groups is 1. The van der Waals surface area contributed by atoms with Crippen LogP contribution in [0.25, 0.3) is 27.5 Å². The molecular weight excluding hydrogens is 416 g/mol. The smallest absolute Gasteiger partial charge is 0.241 e. The van der Waals surface area contributed by atoms with Crippen LogP contribution in [0, 0.1) is 11.8 Å². The molecule has 4 aromatic rings. The summed E-state index contributed by atoms with van der Waals surface area (Å²) in [6.45, 7) is -0.319. The Labute approximate surface area is 189 Å². The van der Waals surface area contributed by atoms with E-state index in [0.29, 0.717) is 5.69 Å². The second-order valence-corrected chi connectivity index (χ2v) is 8.96. The third-order valence-corrected chi connectivity index (χ3v) is 7.35. The maximum absolute atomic E-state index is 13.3. The van der Waals surface area contributed by atoms with Crippen molar-refractivity contribution >= 4 is 39.3 Å². The number of rotatable bonds is 3. The molecule has 2 amide bonds. The van der Waals surface area contributed by atoms with Crippen LogP contribution in [0.5, 0.6) is 0 Å². The van der Waals surface area contributed by atoms with E-state index < -0.39 is 23.5 Å². The molecular formula is C27H20N2O4. The molecule has 6 heteroatoms. The molecule has 4 heterocycles. The first-order valence-corrected chi connectivity index (χ1v) is 11.1. The van der Waals surface area contributed by atoms with Gasteiger partial charge in [0.2, 0.25) is 11.8 Å². The summed E-state index contributed by atoms with van der Waals surface area (Å²) in [5.74, 6) is -1.83. The molecule has 0 radical (unpaired) electrons. The molecule has 2 saturated heterocycles. The number of benzene rings is 3. The van der Waals surface area contributed by atoms with Gasteiger partial charge in [-0.25, -0.2) is 4.90 Å². The SMILES string of the molecule is O=C1[C@H]2[C@@H](C(=O)N1c1ccc(-n3c4ccccc4c4ccccc43)cc1)[C@]1(CO)C=C[C@H]2O1. The minimum atomic E-state index is -1.08. The van der Waals surface area contributed by atoms with Gasteiger partial charge in [-0.2, -0.15) is 0 Å². The molecule has 7 rings (SSSR count). The monoisotopic (exact) mass is 436 g/mol. The van der Waals surface area contributed by atoms with Crippen molar-refractivity contribution in [3.05, 3.63) is 84.9 Å². The molecule has 162 valence electrons. The lowest BCUT2D eigenvalue weighted by atomic mass is 9.77. The number of ether oxygens (including phenoxy) is 1. The number of hydrogen-bond donors (Lipinski definition) is 1. The van der Waals surface area contributed by atoms with Crippen molar-refractivity contribution < 1.29 is 19.4 Å². The quantitative estimate of drug-likeness (QED) is 0.394. The number of aromatic nitrogens is 1. The minimum Gasteiger partial charge on any atom is -0.393 e. The van der Waals surface area contributed by atoms with Crippen LogP contribution in [0.1, 0.15) is 0 Å². The summed E-state index contributed by atoms with van der Waals surface area (Å²) in [7, 11) is 0. The van der Waals surface area contributed by atoms with Crippen LogP contribution in [0.15, 0.2) is 84.9 Å². The van der Waals surface area contributed by atoms with E-state index in [4.69, 9.17) is 4.74 Å². The Morgan fingerprint density at radius 2 is 1.42 bits per heavy atom. The average Bonchev–Trinajstić information content (AvgIpc) is 3.58. The Balaban J connectivity index is 1.30. The molecule has 4 atom stereocenters. The summed E-state index contributed by atoms with van der Waals surface area (Å²) in [5, 5.41) is 12.3. The molecule has 0 saturated carbocycles. The van der Waals surface area contributed by atoms with Crippen molar-refractivity contribution in [2.45, 2.75) is 11.7 Å². The normalized spacial score (nSPS) is 27.9. The zero-order valence-corrected chi connectivity index (χ0v) is 17.6. The number of hydrogen-bond acceptors (Lipinski definition) is 4. The highest BCUT2D eigenvalue weighted by Crippen LogP contribution is 2.52. The summed E-state index contributed by atoms with van der Waals surface area (Å²) < 4.78 is 8.01. The van der Waals surface area contributed by atoms with Crippen molar-refractivity contribution in [3.8, 4) is 5.69 Å². The number of carbonyl (C=O) groups is 2. The van der Waals surface area contributed by atoms with Gasteiger partial charge < -0.3 is 14.4 Å². The number of imide groups is 1. The van der Waals surface area contributed by atoms with Crippen molar-refractivity contribution in [1.82, 2.24) is 4.57 Å². The van der Waals surface area contributed by atoms with E-state index in [9.17, 15) is 14.7 Å². The predicted octanol–water partition coefficient (Wildman–Crippen LogP) is 3.59. The third kappa shape index (κ3) is 2.29. The summed E-state index contributed by atoms with van der Waals surface area (Å²) in [6.07, 6.45) is 3.07. The summed E-state index contributed by atoms with van der Waals surface area (Å²) >= 11 is 0. The lowest BCUT2D eigenvalue weighted by Gasteiger charge is -2.26. The van der Waals surface area contributed by atoms with Crippen LogP contribution in [0.2, 0.25) is 0 Å². The lowest BCUT2D eigenvalue weighted by Crippen LogP contribution is -2.43. The Kier molecular flexibility index (Phi) is 3.65. The fourth-order valence-corrected chi connectivity index (χ4v) is 5.89. The fraction of sp³-hybridized carbons (Fsp3) is 0.185. The number of nitrogens with zero attached hydrogens (tertiary/aromatic N) is 2. The Morgan fingerprint density at radius 1 is 0.818 bits per heavy atom. The molecule has 0 unspecified atom stereocenters. The largest absolute Gasteiger partial charge is 0.393 e. The lowest BCUT2D eigenvalue weighted by molar-refractivity contribution is -0.128. The molecule has 0 spiro atoms. The number of carbonyl (C=O) groups excluding carboxylic acids is 2. The molecule has 3 aromatic carbocycles. The van der Waals surface area contributed by atoms with Gasteiger partial charge in [0.05, 0.1) is 41.3 Å². The Hall–Kier alpha value is -3.74. The van der Waals surface area contributed by atoms with Crippen LogP contribution in [-0.2, 0) is 14.3 Å². The average molecular weight is 436 g/mol. The van der Waals surface area contributed by atoms with Gasteiger partial charge in [-0.15, -0.1) is 0 Å². The Bertz CT molecular complexity index is 1450. The highest BCUT2D eigenvalue weighted by atomic mass is 16.5. The number of aliphatic hydroxyl groups excluding tert-OH is 1. The van der Waals surface area contributed by atoms with Crippen LogP contribution in [0.4, 0.5) is 5.69 Å². The molecule has 3 aliphatic heterocycles. The molecule has 33 heavy (non-hydrogen) atoms. The summed E-state index contributed by atoms with van der Waals surface area (Å²) in [5.41, 5.74) is 2.60. The Morgan fingerprint density at radius 3 is 2.06 bits per heavy atom. The molecule has 0 aliphatic carbocycles. The maximum atomic E-state index is 13.3. The van der Waals surface area contributed by atoms with Gasteiger partial charge in [0.15, 0.2) is 0 Å². The van der Waals surface area contributed by atoms with Gasteiger partial charge >= 0.3 is 0 Å². The number of anilines is 1. The topological polar surface area (TPSA) is 71.8 Å². The first kappa shape index (κ1) is 18.8. The molecule has 3 aliphatic rings. The van der Waals surface area contributed by atoms with E-state index in [1.54, 1.807) is 12.2 Å². The van der Waals surface area contributed by atoms with Gasteiger partial charge in [0.25, 0.3) is 0 Å². The van der Waals surface area contributed by atoms with E-state index in [1.165, 1.54) is 15.7 Å². The van der Waals surface area contributed by atoms with Crippen molar-refractivity contribution in [2.24, 2.45) is 11.8 Å². The first-order chi connectivity index (χ1) is 16.1. The van der Waals surface area contributed by atoms with E-state index in [-0.39, 0.29) is 18.4 Å². The van der Waals surface area contributed by atoms with Gasteiger partial charge in [-0.3, -0.25) is 9.59 Å². The standard InChI is InChI=1S/C27H20N2O4/c30-15-27-14-13-22(33-27)23-24(27)26(32)29(25(23)31)17-11-9-16(10-12-17)28-20-7-3-1-5-18(20)19-6-2-4-8-21(19)28/h1-14,22-24,30H,15H2/t22-,23-,24+,27-/m1/s1. The first-order valence-electron chi connectivity index (χ1n) is 11.1. The van der Waals surface area contributed by atoms with Gasteiger partial charge in [-0.1, -0.05) is 48.6 Å². The third-order valence-electron chi connectivity index (χ3n) is 7.35. The number of para-hydroxylation sites is 2. The highest BCUT2D eigenvalue weighted by Gasteiger charge is 2.67. The predicted molar refractivity (Wildman–Crippen MR) is 124 cm³/mol. The fourth-order valence-electron chi connectivity index (χ4n) is 5.89. The summed E-state index contributed by atoms with van der Waals surface area (Å²) in [6, 6.07) is 24.0. The van der Waals surface area contributed by atoms with Crippen LogP contribution in [-0.4, -0.2) is 39.8 Å². The van der Waals surface area contributed by atoms with Gasteiger partial charge in [0.1, 0.15) is 5.60 Å². The van der Waals surface area contributed by atoms with Crippen LogP contribution >= 0.6 is 0 Å². The zero-order chi connectivity index (χ0) is 22.3. The van der Waals surface area contributed by atoms with Crippen LogP contribution < -0.4 is 4.90 Å². The minimum absolute atomic E-state index is 0.265. The highest BCUT2D eigenvalue weighted by molar-refractivity contribution is 6.23. The molecule has 6 nitrogen and oxygen atoms in total. The van der Waals surface area contributed by atoms with E-state index in [2.05, 4.69) is 28.8 Å². The maximum Gasteiger partial charge on any atom is 0.241 e.